The maximum Gasteiger partial charge on any atom is 0.307 e. The van der Waals surface area contributed by atoms with Crippen molar-refractivity contribution in [2.45, 2.75) is 57.5 Å². The smallest absolute Gasteiger partial charge is 0.307 e. The molecule has 30 heavy (non-hydrogen) atoms. The van der Waals surface area contributed by atoms with Crippen molar-refractivity contribution in [2.24, 2.45) is 0 Å². The number of fused-ring (bicyclic) bond motifs is 2. The van der Waals surface area contributed by atoms with Gasteiger partial charge in [-0.05, 0) is 39.8 Å². The predicted octanol–water partition coefficient (Wildman–Crippen LogP) is 3.38. The van der Waals surface area contributed by atoms with Crippen LogP contribution in [0.15, 0.2) is 17.3 Å². The number of hydrogen-bond acceptors (Lipinski definition) is 7. The van der Waals surface area contributed by atoms with Crippen LogP contribution in [0.3, 0.4) is 0 Å². The zero-order valence-corrected chi connectivity index (χ0v) is 18.2. The Morgan fingerprint density at radius 2 is 2.17 bits per heavy atom. The van der Waals surface area contributed by atoms with Crippen molar-refractivity contribution in [2.75, 3.05) is 6.61 Å². The first-order valence-electron chi connectivity index (χ1n) is 9.88. The normalized spacial score (nSPS) is 15.3. The van der Waals surface area contributed by atoms with E-state index in [1.165, 1.54) is 17.3 Å². The molecule has 0 bridgehead atoms. The fourth-order valence-corrected chi connectivity index (χ4v) is 4.48. The Bertz CT molecular complexity index is 1130. The van der Waals surface area contributed by atoms with Crippen LogP contribution in [0.4, 0.5) is 0 Å². The molecular weight excluding hydrogens is 404 g/mol. The van der Waals surface area contributed by atoms with Gasteiger partial charge in [-0.2, -0.15) is 4.98 Å². The van der Waals surface area contributed by atoms with Crippen molar-refractivity contribution in [3.8, 4) is 11.5 Å². The molecule has 0 fully saturated rings. The van der Waals surface area contributed by atoms with Gasteiger partial charge in [0.1, 0.15) is 17.6 Å². The van der Waals surface area contributed by atoms with E-state index in [4.69, 9.17) is 14.6 Å². The van der Waals surface area contributed by atoms with E-state index in [1.54, 1.807) is 11.4 Å². The summed E-state index contributed by atoms with van der Waals surface area (Å²) in [4.78, 5) is 20.1. The average Bonchev–Trinajstić information content (AvgIpc) is 3.25. The van der Waals surface area contributed by atoms with Gasteiger partial charge < -0.3 is 14.6 Å². The fraction of sp³-hybridized carbons (Fsp3) is 0.429. The molecule has 9 heteroatoms. The number of ether oxygens (including phenoxy) is 2. The lowest BCUT2D eigenvalue weighted by atomic mass is 10.1. The fourth-order valence-electron chi connectivity index (χ4n) is 3.68. The summed E-state index contributed by atoms with van der Waals surface area (Å²) >= 11 is 1.48. The number of aliphatic carboxylic acids is 1. The number of aryl methyl sites for hydroxylation is 2. The minimum atomic E-state index is -0.895. The van der Waals surface area contributed by atoms with E-state index < -0.39 is 5.97 Å². The summed E-state index contributed by atoms with van der Waals surface area (Å²) < 4.78 is 13.4. The van der Waals surface area contributed by atoms with Crippen LogP contribution in [0.1, 0.15) is 41.9 Å². The van der Waals surface area contributed by atoms with Crippen LogP contribution in [0.5, 0.6) is 11.5 Å². The van der Waals surface area contributed by atoms with Crippen molar-refractivity contribution in [3.63, 3.8) is 0 Å². The number of rotatable bonds is 7. The van der Waals surface area contributed by atoms with Gasteiger partial charge in [0.2, 0.25) is 5.16 Å². The SMILES string of the molecule is CCOc1cc2c(cc1CSc1nc3nc(C)c(CC(=O)O)c(C)n3n1)O[C@H](C)C2. The van der Waals surface area contributed by atoms with Crippen molar-refractivity contribution in [1.82, 2.24) is 19.6 Å². The number of nitrogens with zero attached hydrogens (tertiary/aromatic N) is 4. The molecule has 1 aliphatic rings. The first kappa shape index (κ1) is 20.5. The maximum atomic E-state index is 11.2. The Labute approximate surface area is 178 Å². The molecule has 1 aromatic carbocycles. The Hall–Kier alpha value is -2.81. The lowest BCUT2D eigenvalue weighted by Gasteiger charge is -2.11. The monoisotopic (exact) mass is 428 g/mol. The molecule has 1 atom stereocenters. The van der Waals surface area contributed by atoms with Crippen LogP contribution < -0.4 is 9.47 Å². The summed E-state index contributed by atoms with van der Waals surface area (Å²) in [5.74, 6) is 1.97. The van der Waals surface area contributed by atoms with E-state index in [2.05, 4.69) is 28.1 Å². The summed E-state index contributed by atoms with van der Waals surface area (Å²) in [6.45, 7) is 8.26. The number of benzene rings is 1. The Morgan fingerprint density at radius 1 is 1.37 bits per heavy atom. The quantitative estimate of drug-likeness (QED) is 0.572. The van der Waals surface area contributed by atoms with Crippen molar-refractivity contribution < 1.29 is 19.4 Å². The standard InChI is InChI=1S/C21H24N4O4S/c1-5-28-17-7-14-6-11(2)29-18(14)8-15(17)10-30-21-23-20-22-12(3)16(9-19(26)27)13(4)25(20)24-21/h7-8,11H,5-6,9-10H2,1-4H3,(H,26,27)/t11-/m1/s1. The number of carboxylic acids is 1. The lowest BCUT2D eigenvalue weighted by Crippen LogP contribution is -2.10. The Morgan fingerprint density at radius 3 is 2.90 bits per heavy atom. The second-order valence-corrected chi connectivity index (χ2v) is 8.30. The molecule has 0 spiro atoms. The van der Waals surface area contributed by atoms with Crippen LogP contribution in [0.25, 0.3) is 5.78 Å². The molecule has 0 aliphatic carbocycles. The minimum absolute atomic E-state index is 0.0891. The van der Waals surface area contributed by atoms with Gasteiger partial charge in [0.25, 0.3) is 5.78 Å². The van der Waals surface area contributed by atoms with Gasteiger partial charge in [0.05, 0.1) is 13.0 Å². The number of hydrogen-bond donors (Lipinski definition) is 1. The molecule has 0 radical (unpaired) electrons. The molecule has 8 nitrogen and oxygen atoms in total. The second-order valence-electron chi connectivity index (χ2n) is 7.36. The van der Waals surface area contributed by atoms with Gasteiger partial charge in [-0.25, -0.2) is 9.50 Å². The van der Waals surface area contributed by atoms with Gasteiger partial charge in [0, 0.05) is 40.3 Å². The molecule has 2 aromatic heterocycles. The largest absolute Gasteiger partial charge is 0.494 e. The van der Waals surface area contributed by atoms with E-state index in [0.717, 1.165) is 29.2 Å². The van der Waals surface area contributed by atoms with Gasteiger partial charge in [-0.1, -0.05) is 11.8 Å². The van der Waals surface area contributed by atoms with Gasteiger partial charge in [-0.15, -0.1) is 5.10 Å². The van der Waals surface area contributed by atoms with Crippen LogP contribution in [-0.2, 0) is 23.4 Å². The average molecular weight is 429 g/mol. The molecule has 3 aromatic rings. The van der Waals surface area contributed by atoms with Gasteiger partial charge in [-0.3, -0.25) is 4.79 Å². The molecule has 0 amide bonds. The summed E-state index contributed by atoms with van der Waals surface area (Å²) in [5, 5.41) is 14.3. The van der Waals surface area contributed by atoms with E-state index in [1.807, 2.05) is 19.9 Å². The van der Waals surface area contributed by atoms with Crippen molar-refractivity contribution in [3.05, 3.63) is 40.2 Å². The molecule has 0 saturated carbocycles. The van der Waals surface area contributed by atoms with E-state index in [-0.39, 0.29) is 12.5 Å². The molecule has 4 rings (SSSR count). The molecule has 1 N–H and O–H groups in total. The predicted molar refractivity (Wildman–Crippen MR) is 113 cm³/mol. The summed E-state index contributed by atoms with van der Waals surface area (Å²) in [6.07, 6.45) is 0.975. The Balaban J connectivity index is 1.60. The highest BCUT2D eigenvalue weighted by Gasteiger charge is 2.22. The third-order valence-electron chi connectivity index (χ3n) is 5.09. The van der Waals surface area contributed by atoms with Gasteiger partial charge >= 0.3 is 5.97 Å². The third kappa shape index (κ3) is 3.94. The number of aromatic nitrogens is 4. The molecule has 3 heterocycles. The summed E-state index contributed by atoms with van der Waals surface area (Å²) in [6, 6.07) is 4.12. The zero-order chi connectivity index (χ0) is 21.4. The highest BCUT2D eigenvalue weighted by molar-refractivity contribution is 7.98. The van der Waals surface area contributed by atoms with Crippen LogP contribution in [-0.4, -0.2) is 43.4 Å². The number of carboxylic acid groups (broad SMARTS) is 1. The lowest BCUT2D eigenvalue weighted by molar-refractivity contribution is -0.136. The molecule has 0 saturated heterocycles. The molecule has 1 aliphatic heterocycles. The highest BCUT2D eigenvalue weighted by atomic mass is 32.2. The maximum absolute atomic E-state index is 11.2. The highest BCUT2D eigenvalue weighted by Crippen LogP contribution is 2.37. The minimum Gasteiger partial charge on any atom is -0.494 e. The van der Waals surface area contributed by atoms with Crippen LogP contribution in [0.2, 0.25) is 0 Å². The van der Waals surface area contributed by atoms with Gasteiger partial charge in [0.15, 0.2) is 0 Å². The second kappa shape index (κ2) is 8.14. The number of thioether (sulfide) groups is 1. The first-order valence-corrected chi connectivity index (χ1v) is 10.9. The van der Waals surface area contributed by atoms with Crippen molar-refractivity contribution >= 4 is 23.5 Å². The zero-order valence-electron chi connectivity index (χ0n) is 17.4. The van der Waals surface area contributed by atoms with E-state index in [9.17, 15) is 4.79 Å². The Kier molecular flexibility index (Phi) is 5.55. The topological polar surface area (TPSA) is 98.8 Å². The molecule has 0 unspecified atom stereocenters. The third-order valence-corrected chi connectivity index (χ3v) is 5.98. The summed E-state index contributed by atoms with van der Waals surface area (Å²) in [7, 11) is 0. The van der Waals surface area contributed by atoms with Crippen molar-refractivity contribution in [1.29, 1.82) is 0 Å². The van der Waals surface area contributed by atoms with Crippen LogP contribution in [0, 0.1) is 13.8 Å². The first-order chi connectivity index (χ1) is 14.4. The number of carbonyl (C=O) groups is 1. The van der Waals surface area contributed by atoms with E-state index in [0.29, 0.717) is 34.6 Å². The van der Waals surface area contributed by atoms with E-state index >= 15 is 0 Å². The van der Waals surface area contributed by atoms with Crippen LogP contribution >= 0.6 is 11.8 Å². The molecule has 158 valence electrons. The summed E-state index contributed by atoms with van der Waals surface area (Å²) in [5.41, 5.74) is 4.27. The molecular formula is C21H24N4O4S.